The summed E-state index contributed by atoms with van der Waals surface area (Å²) in [6, 6.07) is 5.94. The van der Waals surface area contributed by atoms with Crippen LogP contribution in [-0.2, 0) is 0 Å². The molecule has 1 amide bonds. The number of aromatic nitrogens is 2. The molecule has 1 aliphatic heterocycles. The number of amides is 1. The van der Waals surface area contributed by atoms with Gasteiger partial charge in [0.1, 0.15) is 0 Å². The third-order valence-corrected chi connectivity index (χ3v) is 3.87. The van der Waals surface area contributed by atoms with E-state index in [1.165, 1.54) is 0 Å². The minimum atomic E-state index is -0.113. The number of fused-ring (bicyclic) bond motifs is 1. The van der Waals surface area contributed by atoms with Crippen LogP contribution in [0.5, 0.6) is 0 Å². The number of nitrogens with one attached hydrogen (secondary N) is 3. The first kappa shape index (κ1) is 15.3. The lowest BCUT2D eigenvalue weighted by atomic mass is 10.1. The van der Waals surface area contributed by atoms with E-state index in [-0.39, 0.29) is 24.4 Å². The predicted octanol–water partition coefficient (Wildman–Crippen LogP) is 2.23. The molecule has 0 saturated carbocycles. The maximum absolute atomic E-state index is 12.3. The predicted molar refractivity (Wildman–Crippen MR) is 84.4 cm³/mol. The van der Waals surface area contributed by atoms with E-state index in [0.29, 0.717) is 5.69 Å². The van der Waals surface area contributed by atoms with Crippen LogP contribution >= 0.6 is 28.3 Å². The van der Waals surface area contributed by atoms with E-state index < -0.39 is 0 Å². The SMILES string of the molecule is Cl.O=C(NC1CCCNC1)c1n[nH]c2ccc(Br)cc12. The number of carbonyl (C=O) groups excluding carboxylic acids is 1. The number of rotatable bonds is 2. The quantitative estimate of drug-likeness (QED) is 0.770. The lowest BCUT2D eigenvalue weighted by molar-refractivity contribution is 0.0927. The molecule has 1 atom stereocenters. The van der Waals surface area contributed by atoms with E-state index in [0.717, 1.165) is 41.3 Å². The van der Waals surface area contributed by atoms with Gasteiger partial charge in [-0.25, -0.2) is 0 Å². The highest BCUT2D eigenvalue weighted by molar-refractivity contribution is 9.10. The Morgan fingerprint density at radius 1 is 1.45 bits per heavy atom. The molecular formula is C13H16BrClN4O. The third kappa shape index (κ3) is 3.13. The molecule has 1 unspecified atom stereocenters. The highest BCUT2D eigenvalue weighted by Gasteiger charge is 2.19. The average Bonchev–Trinajstić information content (AvgIpc) is 2.82. The molecule has 0 aliphatic carbocycles. The molecule has 20 heavy (non-hydrogen) atoms. The van der Waals surface area contributed by atoms with E-state index in [9.17, 15) is 4.79 Å². The summed E-state index contributed by atoms with van der Waals surface area (Å²) in [6.45, 7) is 1.86. The first-order valence-electron chi connectivity index (χ1n) is 6.39. The van der Waals surface area contributed by atoms with Gasteiger partial charge in [-0.3, -0.25) is 9.89 Å². The number of H-pyrrole nitrogens is 1. The Morgan fingerprint density at radius 2 is 2.30 bits per heavy atom. The Balaban J connectivity index is 0.00000147. The molecule has 2 heterocycles. The zero-order chi connectivity index (χ0) is 13.2. The van der Waals surface area contributed by atoms with Crippen LogP contribution in [0.15, 0.2) is 22.7 Å². The number of carbonyl (C=O) groups is 1. The Kier molecular flexibility index (Phi) is 5.01. The number of hydrogen-bond acceptors (Lipinski definition) is 3. The summed E-state index contributed by atoms with van der Waals surface area (Å²) >= 11 is 3.42. The Labute approximate surface area is 131 Å². The zero-order valence-electron chi connectivity index (χ0n) is 10.8. The van der Waals surface area contributed by atoms with Crippen LogP contribution in [0.25, 0.3) is 10.9 Å². The second kappa shape index (κ2) is 6.56. The van der Waals surface area contributed by atoms with Gasteiger partial charge in [-0.1, -0.05) is 15.9 Å². The maximum Gasteiger partial charge on any atom is 0.272 e. The molecule has 3 rings (SSSR count). The van der Waals surface area contributed by atoms with Gasteiger partial charge >= 0.3 is 0 Å². The van der Waals surface area contributed by atoms with Crippen LogP contribution in [0.3, 0.4) is 0 Å². The van der Waals surface area contributed by atoms with Crippen LogP contribution in [0, 0.1) is 0 Å². The highest BCUT2D eigenvalue weighted by Crippen LogP contribution is 2.21. The maximum atomic E-state index is 12.3. The Morgan fingerprint density at radius 3 is 3.05 bits per heavy atom. The molecule has 3 N–H and O–H groups in total. The molecule has 0 radical (unpaired) electrons. The van der Waals surface area contributed by atoms with Gasteiger partial charge in [-0.2, -0.15) is 5.10 Å². The van der Waals surface area contributed by atoms with Crippen molar-refractivity contribution in [3.63, 3.8) is 0 Å². The summed E-state index contributed by atoms with van der Waals surface area (Å²) in [5.74, 6) is -0.113. The summed E-state index contributed by atoms with van der Waals surface area (Å²) in [5, 5.41) is 14.2. The normalized spacial score (nSPS) is 18.6. The number of halogens is 2. The van der Waals surface area contributed by atoms with Gasteiger partial charge in [0.25, 0.3) is 5.91 Å². The van der Waals surface area contributed by atoms with Gasteiger partial charge in [0.15, 0.2) is 5.69 Å². The van der Waals surface area contributed by atoms with E-state index in [4.69, 9.17) is 0 Å². The lowest BCUT2D eigenvalue weighted by Crippen LogP contribution is -2.45. The smallest absolute Gasteiger partial charge is 0.272 e. The largest absolute Gasteiger partial charge is 0.347 e. The number of aromatic amines is 1. The molecule has 108 valence electrons. The highest BCUT2D eigenvalue weighted by atomic mass is 79.9. The molecule has 1 aliphatic rings. The van der Waals surface area contributed by atoms with Gasteiger partial charge in [-0.05, 0) is 37.6 Å². The van der Waals surface area contributed by atoms with Gasteiger partial charge in [-0.15, -0.1) is 12.4 Å². The fourth-order valence-electron chi connectivity index (χ4n) is 2.39. The van der Waals surface area contributed by atoms with Crippen molar-refractivity contribution in [3.8, 4) is 0 Å². The molecule has 1 aromatic carbocycles. The summed E-state index contributed by atoms with van der Waals surface area (Å²) in [6.07, 6.45) is 2.11. The lowest BCUT2D eigenvalue weighted by Gasteiger charge is -2.23. The summed E-state index contributed by atoms with van der Waals surface area (Å²) in [4.78, 5) is 12.3. The van der Waals surface area contributed by atoms with Crippen molar-refractivity contribution in [2.45, 2.75) is 18.9 Å². The van der Waals surface area contributed by atoms with Crippen molar-refractivity contribution in [3.05, 3.63) is 28.4 Å². The molecule has 5 nitrogen and oxygen atoms in total. The Hall–Kier alpha value is -1.11. The topological polar surface area (TPSA) is 69.8 Å². The molecule has 1 fully saturated rings. The molecule has 0 bridgehead atoms. The number of hydrogen-bond donors (Lipinski definition) is 3. The Bertz CT molecular complexity index is 609. The third-order valence-electron chi connectivity index (χ3n) is 3.37. The van der Waals surface area contributed by atoms with Crippen molar-refractivity contribution in [1.82, 2.24) is 20.8 Å². The minimum absolute atomic E-state index is 0. The summed E-state index contributed by atoms with van der Waals surface area (Å²) < 4.78 is 0.940. The van der Waals surface area contributed by atoms with Crippen LogP contribution in [0.2, 0.25) is 0 Å². The monoisotopic (exact) mass is 358 g/mol. The fraction of sp³-hybridized carbons (Fsp3) is 0.385. The van der Waals surface area contributed by atoms with Crippen LogP contribution < -0.4 is 10.6 Å². The van der Waals surface area contributed by atoms with Crippen LogP contribution in [0.4, 0.5) is 0 Å². The van der Waals surface area contributed by atoms with Crippen molar-refractivity contribution >= 4 is 45.1 Å². The summed E-state index contributed by atoms with van der Waals surface area (Å²) in [7, 11) is 0. The van der Waals surface area contributed by atoms with Gasteiger partial charge < -0.3 is 10.6 Å². The standard InChI is InChI=1S/C13H15BrN4O.ClH/c14-8-3-4-11-10(6-8)12(18-17-11)13(19)16-9-2-1-5-15-7-9;/h3-4,6,9,15H,1-2,5,7H2,(H,16,19)(H,17,18);1H. The minimum Gasteiger partial charge on any atom is -0.347 e. The van der Waals surface area contributed by atoms with Gasteiger partial charge in [0, 0.05) is 22.4 Å². The van der Waals surface area contributed by atoms with Gasteiger partial charge in [0.2, 0.25) is 0 Å². The molecule has 1 saturated heterocycles. The van der Waals surface area contributed by atoms with Crippen LogP contribution in [0.1, 0.15) is 23.3 Å². The van der Waals surface area contributed by atoms with E-state index in [1.807, 2.05) is 18.2 Å². The van der Waals surface area contributed by atoms with E-state index in [1.54, 1.807) is 0 Å². The number of piperidine rings is 1. The van der Waals surface area contributed by atoms with Crippen molar-refractivity contribution in [1.29, 1.82) is 0 Å². The average molecular weight is 360 g/mol. The first-order valence-corrected chi connectivity index (χ1v) is 7.18. The fourth-order valence-corrected chi connectivity index (χ4v) is 2.75. The second-order valence-corrected chi connectivity index (χ2v) is 5.69. The zero-order valence-corrected chi connectivity index (χ0v) is 13.2. The number of benzene rings is 1. The van der Waals surface area contributed by atoms with Crippen LogP contribution in [-0.4, -0.2) is 35.2 Å². The second-order valence-electron chi connectivity index (χ2n) is 4.78. The van der Waals surface area contributed by atoms with Crippen molar-refractivity contribution < 1.29 is 4.79 Å². The molecule has 0 spiro atoms. The molecule has 7 heteroatoms. The van der Waals surface area contributed by atoms with E-state index in [2.05, 4.69) is 36.8 Å². The van der Waals surface area contributed by atoms with E-state index >= 15 is 0 Å². The molecular weight excluding hydrogens is 344 g/mol. The summed E-state index contributed by atoms with van der Waals surface area (Å²) in [5.41, 5.74) is 1.33. The first-order chi connectivity index (χ1) is 9.24. The van der Waals surface area contributed by atoms with Crippen molar-refractivity contribution in [2.75, 3.05) is 13.1 Å². The number of nitrogens with zero attached hydrogens (tertiary/aromatic N) is 1. The molecule has 2 aromatic rings. The van der Waals surface area contributed by atoms with Gasteiger partial charge in [0.05, 0.1) is 5.52 Å². The molecule has 1 aromatic heterocycles. The van der Waals surface area contributed by atoms with Crippen molar-refractivity contribution in [2.24, 2.45) is 0 Å².